The molecular formula is C11H5Br2Cl3S. The predicted molar refractivity (Wildman–Crippen MR) is 84.3 cm³/mol. The van der Waals surface area contributed by atoms with Gasteiger partial charge in [-0.25, -0.2) is 0 Å². The van der Waals surface area contributed by atoms with Crippen molar-refractivity contribution in [3.63, 3.8) is 0 Å². The Morgan fingerprint density at radius 3 is 2.35 bits per heavy atom. The van der Waals surface area contributed by atoms with Crippen LogP contribution in [0.25, 0.3) is 0 Å². The summed E-state index contributed by atoms with van der Waals surface area (Å²) in [6.07, 6.45) is 0. The first-order valence-corrected chi connectivity index (χ1v) is 8.18. The molecule has 0 aliphatic rings. The zero-order valence-corrected chi connectivity index (χ0v) is 14.4. The van der Waals surface area contributed by atoms with E-state index in [1.807, 2.05) is 24.3 Å². The number of hydrogen-bond acceptors (Lipinski definition) is 1. The van der Waals surface area contributed by atoms with Crippen LogP contribution in [0.15, 0.2) is 28.7 Å². The van der Waals surface area contributed by atoms with Crippen LogP contribution in [0.5, 0.6) is 0 Å². The molecule has 17 heavy (non-hydrogen) atoms. The van der Waals surface area contributed by atoms with Crippen LogP contribution < -0.4 is 0 Å². The van der Waals surface area contributed by atoms with Crippen LogP contribution in [0.1, 0.15) is 16.0 Å². The molecular weight excluding hydrogens is 430 g/mol. The molecule has 1 atom stereocenters. The standard InChI is InChI=1S/C11H5Br2Cl3S/c12-7-3-5(1-2-8(7)14)10(13)6-4-9(15)17-11(6)16/h1-4,10H. The van der Waals surface area contributed by atoms with Gasteiger partial charge in [-0.05, 0) is 39.7 Å². The van der Waals surface area contributed by atoms with Gasteiger partial charge in [-0.15, -0.1) is 11.3 Å². The van der Waals surface area contributed by atoms with E-state index in [0.717, 1.165) is 15.6 Å². The summed E-state index contributed by atoms with van der Waals surface area (Å²) < 4.78 is 2.24. The Kier molecular flexibility index (Phi) is 4.84. The molecule has 1 unspecified atom stereocenters. The third-order valence-electron chi connectivity index (χ3n) is 2.19. The lowest BCUT2D eigenvalue weighted by Gasteiger charge is -2.10. The monoisotopic (exact) mass is 432 g/mol. The Morgan fingerprint density at radius 1 is 1.12 bits per heavy atom. The number of rotatable bonds is 2. The Labute approximate surface area is 135 Å². The van der Waals surface area contributed by atoms with Crippen molar-refractivity contribution in [3.05, 3.63) is 53.6 Å². The molecule has 2 aromatic rings. The minimum Gasteiger partial charge on any atom is -0.111 e. The van der Waals surface area contributed by atoms with Gasteiger partial charge < -0.3 is 0 Å². The molecule has 0 spiro atoms. The largest absolute Gasteiger partial charge is 0.111 e. The number of hydrogen-bond donors (Lipinski definition) is 0. The average molecular weight is 435 g/mol. The van der Waals surface area contributed by atoms with Gasteiger partial charge in [0.1, 0.15) is 0 Å². The topological polar surface area (TPSA) is 0 Å². The third-order valence-corrected chi connectivity index (χ3v) is 5.95. The van der Waals surface area contributed by atoms with E-state index in [9.17, 15) is 0 Å². The first-order chi connectivity index (χ1) is 7.99. The molecule has 1 aromatic carbocycles. The summed E-state index contributed by atoms with van der Waals surface area (Å²) in [5.41, 5.74) is 2.04. The molecule has 90 valence electrons. The number of halogens is 5. The molecule has 0 nitrogen and oxygen atoms in total. The van der Waals surface area contributed by atoms with E-state index < -0.39 is 0 Å². The van der Waals surface area contributed by atoms with E-state index in [1.165, 1.54) is 11.3 Å². The fourth-order valence-corrected chi connectivity index (χ4v) is 4.35. The lowest BCUT2D eigenvalue weighted by Crippen LogP contribution is -1.91. The van der Waals surface area contributed by atoms with Crippen molar-refractivity contribution in [3.8, 4) is 0 Å². The van der Waals surface area contributed by atoms with E-state index >= 15 is 0 Å². The molecule has 0 aliphatic heterocycles. The van der Waals surface area contributed by atoms with E-state index in [1.54, 1.807) is 0 Å². The smallest absolute Gasteiger partial charge is 0.0990 e. The fourth-order valence-electron chi connectivity index (χ4n) is 1.38. The molecule has 2 rings (SSSR count). The van der Waals surface area contributed by atoms with Gasteiger partial charge >= 0.3 is 0 Å². The highest BCUT2D eigenvalue weighted by Gasteiger charge is 2.17. The third kappa shape index (κ3) is 3.20. The van der Waals surface area contributed by atoms with E-state index in [0.29, 0.717) is 13.7 Å². The van der Waals surface area contributed by atoms with Crippen molar-refractivity contribution in [2.45, 2.75) is 4.83 Å². The zero-order valence-electron chi connectivity index (χ0n) is 8.18. The highest BCUT2D eigenvalue weighted by molar-refractivity contribution is 9.10. The van der Waals surface area contributed by atoms with Crippen molar-refractivity contribution >= 4 is 78.0 Å². The molecule has 0 fully saturated rings. The van der Waals surface area contributed by atoms with Gasteiger partial charge in [0.25, 0.3) is 0 Å². The van der Waals surface area contributed by atoms with Gasteiger partial charge in [0.2, 0.25) is 0 Å². The Hall–Kier alpha value is 0.750. The summed E-state index contributed by atoms with van der Waals surface area (Å²) >= 11 is 26.4. The van der Waals surface area contributed by atoms with Gasteiger partial charge in [0.05, 0.1) is 18.5 Å². The maximum atomic E-state index is 6.13. The minimum absolute atomic E-state index is 0.00677. The highest BCUT2D eigenvalue weighted by atomic mass is 79.9. The normalized spacial score (nSPS) is 12.8. The maximum absolute atomic E-state index is 6.13. The molecule has 0 saturated heterocycles. The van der Waals surface area contributed by atoms with E-state index in [4.69, 9.17) is 34.8 Å². The van der Waals surface area contributed by atoms with Gasteiger partial charge in [-0.3, -0.25) is 0 Å². The van der Waals surface area contributed by atoms with Gasteiger partial charge in [0, 0.05) is 10.0 Å². The first-order valence-electron chi connectivity index (χ1n) is 4.53. The van der Waals surface area contributed by atoms with Crippen LogP contribution in [0, 0.1) is 0 Å². The average Bonchev–Trinajstić information content (AvgIpc) is 2.61. The zero-order chi connectivity index (χ0) is 12.6. The Balaban J connectivity index is 2.40. The summed E-state index contributed by atoms with van der Waals surface area (Å²) in [5.74, 6) is 0. The summed E-state index contributed by atoms with van der Waals surface area (Å²) in [5, 5.41) is 0.683. The van der Waals surface area contributed by atoms with Crippen molar-refractivity contribution in [1.82, 2.24) is 0 Å². The second-order valence-corrected chi connectivity index (χ2v) is 7.78. The van der Waals surface area contributed by atoms with Gasteiger partial charge in [-0.2, -0.15) is 0 Å². The molecule has 0 N–H and O–H groups in total. The lowest BCUT2D eigenvalue weighted by atomic mass is 10.1. The van der Waals surface area contributed by atoms with E-state index in [-0.39, 0.29) is 4.83 Å². The SMILES string of the molecule is Clc1cc(C(Br)c2ccc(Cl)c(Br)c2)c(Cl)s1. The van der Waals surface area contributed by atoms with Gasteiger partial charge in [0.15, 0.2) is 0 Å². The van der Waals surface area contributed by atoms with Crippen molar-refractivity contribution in [2.24, 2.45) is 0 Å². The number of alkyl halides is 1. The summed E-state index contributed by atoms with van der Waals surface area (Å²) in [6.45, 7) is 0. The number of thiophene rings is 1. The van der Waals surface area contributed by atoms with Crippen molar-refractivity contribution in [2.75, 3.05) is 0 Å². The summed E-state index contributed by atoms with van der Waals surface area (Å²) in [6, 6.07) is 7.63. The molecule has 0 amide bonds. The van der Waals surface area contributed by atoms with Gasteiger partial charge in [-0.1, -0.05) is 56.8 Å². The molecule has 0 aliphatic carbocycles. The van der Waals surface area contributed by atoms with Crippen LogP contribution >= 0.6 is 78.0 Å². The number of benzene rings is 1. The van der Waals surface area contributed by atoms with Crippen LogP contribution in [0.2, 0.25) is 13.7 Å². The fraction of sp³-hybridized carbons (Fsp3) is 0.0909. The molecule has 0 saturated carbocycles. The molecule has 0 bridgehead atoms. The molecule has 0 radical (unpaired) electrons. The van der Waals surface area contributed by atoms with Crippen LogP contribution in [0.3, 0.4) is 0 Å². The first kappa shape index (κ1) is 14.2. The molecule has 1 aromatic heterocycles. The maximum Gasteiger partial charge on any atom is 0.0990 e. The lowest BCUT2D eigenvalue weighted by molar-refractivity contribution is 1.19. The van der Waals surface area contributed by atoms with Crippen LogP contribution in [-0.4, -0.2) is 0 Å². The summed E-state index contributed by atoms with van der Waals surface area (Å²) in [4.78, 5) is 0.00677. The second kappa shape index (κ2) is 5.81. The van der Waals surface area contributed by atoms with Crippen LogP contribution in [0.4, 0.5) is 0 Å². The summed E-state index contributed by atoms with van der Waals surface area (Å²) in [7, 11) is 0. The Bertz CT molecular complexity index is 554. The predicted octanol–water partition coefficient (Wildman–Crippen LogP) is 6.96. The quantitative estimate of drug-likeness (QED) is 0.448. The van der Waals surface area contributed by atoms with Crippen molar-refractivity contribution < 1.29 is 0 Å². The van der Waals surface area contributed by atoms with E-state index in [2.05, 4.69) is 31.9 Å². The van der Waals surface area contributed by atoms with Crippen LogP contribution in [-0.2, 0) is 0 Å². The molecule has 6 heteroatoms. The minimum atomic E-state index is 0.00677. The molecule has 1 heterocycles. The van der Waals surface area contributed by atoms with Crippen molar-refractivity contribution in [1.29, 1.82) is 0 Å². The Morgan fingerprint density at radius 2 is 1.82 bits per heavy atom. The highest BCUT2D eigenvalue weighted by Crippen LogP contribution is 2.42. The second-order valence-electron chi connectivity index (χ2n) is 3.32.